The zero-order valence-corrected chi connectivity index (χ0v) is 11.7. The van der Waals surface area contributed by atoms with Gasteiger partial charge in [0.1, 0.15) is 6.07 Å². The molecular formula is C14H14N2O2S. The molecule has 1 fully saturated rings. The van der Waals surface area contributed by atoms with Crippen LogP contribution in [0.2, 0.25) is 0 Å². The predicted octanol–water partition coefficient (Wildman–Crippen LogP) is 2.25. The first kappa shape index (κ1) is 13.6. The lowest BCUT2D eigenvalue weighted by Crippen LogP contribution is -2.25. The van der Waals surface area contributed by atoms with Crippen LogP contribution in [0.5, 0.6) is 0 Å². The highest BCUT2D eigenvalue weighted by atomic mass is 32.2. The Morgan fingerprint density at radius 2 is 2.26 bits per heavy atom. The standard InChI is InChI=1S/C14H14N2O2S/c1-9-3-4-11(7-15)13(5-9)16-8-12(6-14(16)18)19-10(2)17/h3-5,12H,6,8H2,1-2H3. The third kappa shape index (κ3) is 2.96. The van der Waals surface area contributed by atoms with Gasteiger partial charge in [0.2, 0.25) is 5.91 Å². The molecule has 0 radical (unpaired) electrons. The van der Waals surface area contributed by atoms with E-state index < -0.39 is 0 Å². The van der Waals surface area contributed by atoms with Crippen LogP contribution in [0.15, 0.2) is 18.2 Å². The fraction of sp³-hybridized carbons (Fsp3) is 0.357. The minimum Gasteiger partial charge on any atom is -0.310 e. The number of carbonyl (C=O) groups excluding carboxylic acids is 2. The third-order valence-corrected chi connectivity index (χ3v) is 3.97. The van der Waals surface area contributed by atoms with Crippen molar-refractivity contribution in [2.75, 3.05) is 11.4 Å². The van der Waals surface area contributed by atoms with E-state index in [1.807, 2.05) is 19.1 Å². The first-order valence-corrected chi connectivity index (χ1v) is 6.87. The van der Waals surface area contributed by atoms with Gasteiger partial charge in [-0.05, 0) is 24.6 Å². The molecule has 19 heavy (non-hydrogen) atoms. The van der Waals surface area contributed by atoms with Crippen LogP contribution in [-0.4, -0.2) is 22.8 Å². The zero-order chi connectivity index (χ0) is 14.0. The van der Waals surface area contributed by atoms with E-state index in [9.17, 15) is 9.59 Å². The van der Waals surface area contributed by atoms with Crippen LogP contribution in [-0.2, 0) is 9.59 Å². The van der Waals surface area contributed by atoms with Crippen molar-refractivity contribution >= 4 is 28.5 Å². The van der Waals surface area contributed by atoms with E-state index in [0.29, 0.717) is 24.2 Å². The molecule has 5 heteroatoms. The molecule has 0 N–H and O–H groups in total. The minimum absolute atomic E-state index is 0.0166. The van der Waals surface area contributed by atoms with Crippen LogP contribution in [0.1, 0.15) is 24.5 Å². The van der Waals surface area contributed by atoms with Crippen molar-refractivity contribution in [3.05, 3.63) is 29.3 Å². The van der Waals surface area contributed by atoms with E-state index in [4.69, 9.17) is 5.26 Å². The minimum atomic E-state index is -0.0270. The van der Waals surface area contributed by atoms with Crippen molar-refractivity contribution in [3.8, 4) is 6.07 Å². The molecule has 1 saturated heterocycles. The lowest BCUT2D eigenvalue weighted by molar-refractivity contribution is -0.117. The molecule has 1 aromatic rings. The normalized spacial score (nSPS) is 18.5. The van der Waals surface area contributed by atoms with Gasteiger partial charge in [-0.25, -0.2) is 0 Å². The van der Waals surface area contributed by atoms with Crippen molar-refractivity contribution in [3.63, 3.8) is 0 Å². The van der Waals surface area contributed by atoms with Gasteiger partial charge < -0.3 is 4.90 Å². The lowest BCUT2D eigenvalue weighted by atomic mass is 10.1. The Hall–Kier alpha value is -1.80. The highest BCUT2D eigenvalue weighted by Crippen LogP contribution is 2.31. The molecule has 1 aromatic carbocycles. The zero-order valence-electron chi connectivity index (χ0n) is 10.8. The quantitative estimate of drug-likeness (QED) is 0.830. The predicted molar refractivity (Wildman–Crippen MR) is 74.9 cm³/mol. The number of nitrogens with zero attached hydrogens (tertiary/aromatic N) is 2. The number of hydrogen-bond donors (Lipinski definition) is 0. The van der Waals surface area contributed by atoms with E-state index in [1.54, 1.807) is 11.0 Å². The summed E-state index contributed by atoms with van der Waals surface area (Å²) in [7, 11) is 0. The van der Waals surface area contributed by atoms with Gasteiger partial charge in [0, 0.05) is 25.1 Å². The number of thioether (sulfide) groups is 1. The first-order chi connectivity index (χ1) is 9.01. The Bertz CT molecular complexity index is 577. The lowest BCUT2D eigenvalue weighted by Gasteiger charge is -2.18. The molecule has 2 rings (SSSR count). The van der Waals surface area contributed by atoms with E-state index in [-0.39, 0.29) is 16.3 Å². The summed E-state index contributed by atoms with van der Waals surface area (Å²) >= 11 is 1.20. The molecule has 1 heterocycles. The van der Waals surface area contributed by atoms with Gasteiger partial charge in [0.05, 0.1) is 11.3 Å². The molecule has 0 saturated carbocycles. The second kappa shape index (κ2) is 5.45. The van der Waals surface area contributed by atoms with Gasteiger partial charge in [-0.15, -0.1) is 0 Å². The average molecular weight is 274 g/mol. The maximum atomic E-state index is 12.0. The van der Waals surface area contributed by atoms with E-state index in [2.05, 4.69) is 6.07 Å². The van der Waals surface area contributed by atoms with Crippen molar-refractivity contribution in [2.24, 2.45) is 0 Å². The van der Waals surface area contributed by atoms with Crippen molar-refractivity contribution in [2.45, 2.75) is 25.5 Å². The molecule has 4 nitrogen and oxygen atoms in total. The van der Waals surface area contributed by atoms with Gasteiger partial charge >= 0.3 is 0 Å². The Labute approximate surface area is 116 Å². The summed E-state index contributed by atoms with van der Waals surface area (Å²) in [4.78, 5) is 24.8. The van der Waals surface area contributed by atoms with Crippen LogP contribution < -0.4 is 4.90 Å². The number of anilines is 1. The number of carbonyl (C=O) groups is 2. The second-order valence-electron chi connectivity index (χ2n) is 4.57. The fourth-order valence-corrected chi connectivity index (χ4v) is 3.10. The first-order valence-electron chi connectivity index (χ1n) is 5.99. The van der Waals surface area contributed by atoms with Crippen molar-refractivity contribution < 1.29 is 9.59 Å². The number of amides is 1. The number of aryl methyl sites for hydroxylation is 1. The van der Waals surface area contributed by atoms with E-state index in [1.165, 1.54) is 18.7 Å². The molecule has 1 unspecified atom stereocenters. The SMILES string of the molecule is CC(=O)SC1CC(=O)N(c2cc(C)ccc2C#N)C1. The number of hydrogen-bond acceptors (Lipinski definition) is 4. The molecule has 98 valence electrons. The average Bonchev–Trinajstić information content (AvgIpc) is 2.69. The number of benzene rings is 1. The molecule has 0 spiro atoms. The topological polar surface area (TPSA) is 61.2 Å². The molecule has 1 aliphatic heterocycles. The third-order valence-electron chi connectivity index (χ3n) is 2.99. The Balaban J connectivity index is 2.28. The summed E-state index contributed by atoms with van der Waals surface area (Å²) < 4.78 is 0. The van der Waals surface area contributed by atoms with Crippen molar-refractivity contribution in [1.82, 2.24) is 0 Å². The van der Waals surface area contributed by atoms with E-state index in [0.717, 1.165) is 5.56 Å². The number of nitriles is 1. The smallest absolute Gasteiger partial charge is 0.228 e. The Morgan fingerprint density at radius 1 is 1.53 bits per heavy atom. The molecule has 1 atom stereocenters. The van der Waals surface area contributed by atoms with Gasteiger partial charge in [-0.1, -0.05) is 17.8 Å². The fourth-order valence-electron chi connectivity index (χ4n) is 2.18. The van der Waals surface area contributed by atoms with Gasteiger partial charge in [-0.2, -0.15) is 5.26 Å². The summed E-state index contributed by atoms with van der Waals surface area (Å²) in [6.45, 7) is 3.92. The molecule has 0 aromatic heterocycles. The molecule has 1 amide bonds. The van der Waals surface area contributed by atoms with Crippen LogP contribution in [0.25, 0.3) is 0 Å². The summed E-state index contributed by atoms with van der Waals surface area (Å²) in [6.07, 6.45) is 0.350. The summed E-state index contributed by atoms with van der Waals surface area (Å²) in [6, 6.07) is 7.53. The number of rotatable bonds is 2. The van der Waals surface area contributed by atoms with Gasteiger partial charge in [-0.3, -0.25) is 9.59 Å². The molecular weight excluding hydrogens is 260 g/mol. The highest BCUT2D eigenvalue weighted by molar-refractivity contribution is 8.14. The summed E-state index contributed by atoms with van der Waals surface area (Å²) in [5.74, 6) is -0.0270. The molecule has 0 aliphatic carbocycles. The van der Waals surface area contributed by atoms with Crippen LogP contribution in [0, 0.1) is 18.3 Å². The van der Waals surface area contributed by atoms with Gasteiger partial charge in [0.25, 0.3) is 0 Å². The van der Waals surface area contributed by atoms with E-state index >= 15 is 0 Å². The largest absolute Gasteiger partial charge is 0.310 e. The van der Waals surface area contributed by atoms with Crippen molar-refractivity contribution in [1.29, 1.82) is 5.26 Å². The monoisotopic (exact) mass is 274 g/mol. The summed E-state index contributed by atoms with van der Waals surface area (Å²) in [5.41, 5.74) is 2.15. The van der Waals surface area contributed by atoms with Crippen LogP contribution in [0.4, 0.5) is 5.69 Å². The second-order valence-corrected chi connectivity index (χ2v) is 6.05. The van der Waals surface area contributed by atoms with Crippen LogP contribution in [0.3, 0.4) is 0 Å². The highest BCUT2D eigenvalue weighted by Gasteiger charge is 2.33. The van der Waals surface area contributed by atoms with Crippen LogP contribution >= 0.6 is 11.8 Å². The Kier molecular flexibility index (Phi) is 3.91. The summed E-state index contributed by atoms with van der Waals surface area (Å²) in [5, 5.41) is 9.12. The van der Waals surface area contributed by atoms with Gasteiger partial charge in [0.15, 0.2) is 5.12 Å². The molecule has 0 bridgehead atoms. The Morgan fingerprint density at radius 3 is 2.89 bits per heavy atom. The molecule has 1 aliphatic rings. The maximum Gasteiger partial charge on any atom is 0.228 e. The maximum absolute atomic E-state index is 12.0.